The van der Waals surface area contributed by atoms with Crippen LogP contribution in [0.4, 0.5) is 0 Å². The van der Waals surface area contributed by atoms with E-state index in [-0.39, 0.29) is 0 Å². The predicted octanol–water partition coefficient (Wildman–Crippen LogP) is 14.6. The van der Waals surface area contributed by atoms with Gasteiger partial charge < -0.3 is 0 Å². The van der Waals surface area contributed by atoms with Crippen LogP contribution in [0.15, 0.2) is 206 Å². The van der Waals surface area contributed by atoms with Crippen molar-refractivity contribution in [2.75, 3.05) is 0 Å². The summed E-state index contributed by atoms with van der Waals surface area (Å²) in [4.78, 5) is 0. The highest BCUT2D eigenvalue weighted by molar-refractivity contribution is 6.21. The van der Waals surface area contributed by atoms with E-state index in [0.717, 1.165) is 0 Å². The van der Waals surface area contributed by atoms with Crippen LogP contribution in [0.3, 0.4) is 0 Å². The smallest absolute Gasteiger partial charge is 0.00262 e. The van der Waals surface area contributed by atoms with Crippen LogP contribution in [0.5, 0.6) is 0 Å². The Kier molecular flexibility index (Phi) is 7.25. The number of hydrogen-bond donors (Lipinski definition) is 0. The molecule has 0 heteroatoms. The quantitative estimate of drug-likeness (QED) is 0.161. The number of hydrogen-bond acceptors (Lipinski definition) is 0. The summed E-state index contributed by atoms with van der Waals surface area (Å²) in [5, 5.41) is 10.1. The van der Waals surface area contributed by atoms with Crippen molar-refractivity contribution in [1.29, 1.82) is 0 Å². The van der Waals surface area contributed by atoms with Crippen molar-refractivity contribution in [2.45, 2.75) is 0 Å². The first-order valence-corrected chi connectivity index (χ1v) is 18.0. The van der Waals surface area contributed by atoms with E-state index in [9.17, 15) is 0 Å². The van der Waals surface area contributed by atoms with Crippen LogP contribution in [-0.4, -0.2) is 0 Å². The lowest BCUT2D eigenvalue weighted by Gasteiger charge is -2.19. The molecule has 0 spiro atoms. The number of rotatable bonds is 5. The Hall–Kier alpha value is -6.76. The summed E-state index contributed by atoms with van der Waals surface area (Å²) in [6.07, 6.45) is 0. The molecule has 10 aromatic carbocycles. The first-order valence-electron chi connectivity index (χ1n) is 18.0. The maximum atomic E-state index is 2.39. The molecule has 0 fully saturated rings. The molecule has 10 rings (SSSR count). The molecule has 52 heavy (non-hydrogen) atoms. The van der Waals surface area contributed by atoms with Crippen LogP contribution in [0, 0.1) is 0 Å². The van der Waals surface area contributed by atoms with Crippen molar-refractivity contribution >= 4 is 43.1 Å². The summed E-state index contributed by atoms with van der Waals surface area (Å²) >= 11 is 0. The lowest BCUT2D eigenvalue weighted by Crippen LogP contribution is -1.92. The van der Waals surface area contributed by atoms with Gasteiger partial charge in [-0.15, -0.1) is 0 Å². The molecule has 0 heterocycles. The molecule has 0 bridgehead atoms. The maximum absolute atomic E-state index is 2.39. The third kappa shape index (κ3) is 5.00. The summed E-state index contributed by atoms with van der Waals surface area (Å²) in [5.41, 5.74) is 12.4. The second-order valence-corrected chi connectivity index (χ2v) is 13.6. The molecule has 0 radical (unpaired) electrons. The Morgan fingerprint density at radius 1 is 0.192 bits per heavy atom. The molecule has 0 atom stereocenters. The van der Waals surface area contributed by atoms with Crippen molar-refractivity contribution in [1.82, 2.24) is 0 Å². The zero-order valence-corrected chi connectivity index (χ0v) is 28.6. The molecule has 0 aliphatic heterocycles. The van der Waals surface area contributed by atoms with E-state index in [1.54, 1.807) is 0 Å². The van der Waals surface area contributed by atoms with Gasteiger partial charge >= 0.3 is 0 Å². The van der Waals surface area contributed by atoms with Crippen molar-refractivity contribution in [2.24, 2.45) is 0 Å². The zero-order chi connectivity index (χ0) is 34.4. The molecule has 0 saturated heterocycles. The first-order chi connectivity index (χ1) is 25.8. The summed E-state index contributed by atoms with van der Waals surface area (Å²) in [7, 11) is 0. The Morgan fingerprint density at radius 3 is 1.19 bits per heavy atom. The van der Waals surface area contributed by atoms with Gasteiger partial charge in [0, 0.05) is 0 Å². The van der Waals surface area contributed by atoms with E-state index in [0.29, 0.717) is 0 Å². The molecule has 0 saturated carbocycles. The monoisotopic (exact) mass is 658 g/mol. The molecule has 0 aliphatic rings. The first kappa shape index (κ1) is 30.1. The van der Waals surface area contributed by atoms with Crippen LogP contribution in [-0.2, 0) is 0 Å². The summed E-state index contributed by atoms with van der Waals surface area (Å²) < 4.78 is 0. The molecular formula is C52H34. The van der Waals surface area contributed by atoms with Gasteiger partial charge in [-0.2, -0.15) is 0 Å². The highest BCUT2D eigenvalue weighted by Gasteiger charge is 2.19. The Labute approximate surface area is 303 Å². The SMILES string of the molecule is c1ccc(-c2c(-c3cccc(-c4c5ccccc5c(-c5cccc(-c6cccc7ccccc67)c5)c5ccccc45)c3)ccc3ccccc23)cc1. The molecular weight excluding hydrogens is 625 g/mol. The predicted molar refractivity (Wildman–Crippen MR) is 224 cm³/mol. The lowest BCUT2D eigenvalue weighted by molar-refractivity contribution is 1.60. The van der Waals surface area contributed by atoms with E-state index in [1.165, 1.54) is 98.7 Å². The molecule has 242 valence electrons. The molecule has 0 unspecified atom stereocenters. The molecule has 0 aliphatic carbocycles. The summed E-state index contributed by atoms with van der Waals surface area (Å²) in [6.45, 7) is 0. The van der Waals surface area contributed by atoms with Gasteiger partial charge in [-0.05, 0) is 111 Å². The minimum absolute atomic E-state index is 1.21. The standard InChI is InChI=1S/C52H34/c1-2-17-37(18-3-1)50-44-25-7-5-16-36(44)31-32-45(50)39-21-13-23-41(34-39)52-48-28-10-8-26-46(48)51(47-27-9-11-29-49(47)52)40-22-12-20-38(33-40)43-30-14-19-35-15-4-6-24-42(35)43/h1-34H. The Bertz CT molecular complexity index is 2890. The molecule has 10 aromatic rings. The van der Waals surface area contributed by atoms with E-state index < -0.39 is 0 Å². The lowest BCUT2D eigenvalue weighted by atomic mass is 9.84. The maximum Gasteiger partial charge on any atom is -0.00262 e. The van der Waals surface area contributed by atoms with Crippen molar-refractivity contribution in [3.05, 3.63) is 206 Å². The second kappa shape index (κ2) is 12.5. The molecule has 0 aromatic heterocycles. The molecule has 0 N–H and O–H groups in total. The van der Waals surface area contributed by atoms with Crippen LogP contribution in [0.2, 0.25) is 0 Å². The second-order valence-electron chi connectivity index (χ2n) is 13.6. The van der Waals surface area contributed by atoms with Crippen molar-refractivity contribution < 1.29 is 0 Å². The average molecular weight is 659 g/mol. The fourth-order valence-corrected chi connectivity index (χ4v) is 8.34. The van der Waals surface area contributed by atoms with E-state index in [4.69, 9.17) is 0 Å². The van der Waals surface area contributed by atoms with Gasteiger partial charge in [-0.25, -0.2) is 0 Å². The third-order valence-corrected chi connectivity index (χ3v) is 10.6. The minimum Gasteiger partial charge on any atom is -0.0622 e. The molecule has 0 amide bonds. The Morgan fingerprint density at radius 2 is 0.596 bits per heavy atom. The topological polar surface area (TPSA) is 0 Å². The van der Waals surface area contributed by atoms with E-state index >= 15 is 0 Å². The van der Waals surface area contributed by atoms with Gasteiger partial charge in [0.1, 0.15) is 0 Å². The highest BCUT2D eigenvalue weighted by atomic mass is 14.2. The Balaban J connectivity index is 1.19. The van der Waals surface area contributed by atoms with E-state index in [2.05, 4.69) is 206 Å². The van der Waals surface area contributed by atoms with Gasteiger partial charge in [-0.3, -0.25) is 0 Å². The van der Waals surface area contributed by atoms with Crippen molar-refractivity contribution in [3.63, 3.8) is 0 Å². The van der Waals surface area contributed by atoms with Gasteiger partial charge in [0.05, 0.1) is 0 Å². The van der Waals surface area contributed by atoms with Gasteiger partial charge in [0.2, 0.25) is 0 Å². The van der Waals surface area contributed by atoms with Gasteiger partial charge in [-0.1, -0.05) is 194 Å². The van der Waals surface area contributed by atoms with Crippen LogP contribution < -0.4 is 0 Å². The summed E-state index contributed by atoms with van der Waals surface area (Å²) in [6, 6.07) is 75.5. The largest absolute Gasteiger partial charge is 0.0622 e. The van der Waals surface area contributed by atoms with Crippen LogP contribution in [0.25, 0.3) is 98.7 Å². The molecule has 0 nitrogen and oxygen atoms in total. The van der Waals surface area contributed by atoms with Crippen LogP contribution >= 0.6 is 0 Å². The number of fused-ring (bicyclic) bond motifs is 4. The minimum atomic E-state index is 1.21. The average Bonchev–Trinajstić information content (AvgIpc) is 3.22. The summed E-state index contributed by atoms with van der Waals surface area (Å²) in [5.74, 6) is 0. The third-order valence-electron chi connectivity index (χ3n) is 10.6. The van der Waals surface area contributed by atoms with Gasteiger partial charge in [0.25, 0.3) is 0 Å². The van der Waals surface area contributed by atoms with Gasteiger partial charge in [0.15, 0.2) is 0 Å². The highest BCUT2D eigenvalue weighted by Crippen LogP contribution is 2.46. The fourth-order valence-electron chi connectivity index (χ4n) is 8.34. The normalized spacial score (nSPS) is 11.5. The van der Waals surface area contributed by atoms with Crippen LogP contribution in [0.1, 0.15) is 0 Å². The fraction of sp³-hybridized carbons (Fsp3) is 0. The number of benzene rings is 10. The van der Waals surface area contributed by atoms with E-state index in [1.807, 2.05) is 0 Å². The zero-order valence-electron chi connectivity index (χ0n) is 28.6. The van der Waals surface area contributed by atoms with Crippen molar-refractivity contribution in [3.8, 4) is 55.6 Å².